The number of carbonyl (C=O) groups excluding carboxylic acids is 1. The second-order valence-electron chi connectivity index (χ2n) is 4.61. The fourth-order valence-electron chi connectivity index (χ4n) is 1.34. The van der Waals surface area contributed by atoms with Crippen LogP contribution in [0.25, 0.3) is 6.08 Å². The van der Waals surface area contributed by atoms with Crippen LogP contribution in [0.3, 0.4) is 0 Å². The summed E-state index contributed by atoms with van der Waals surface area (Å²) < 4.78 is 0. The standard InChI is InChI=1S/C14H17Cl2N3O/c1-9(2)8-18-14(17)19-13(20)7-6-10-11(15)4-3-5-12(10)16/h3-7,9H,8H2,1-2H3,(H3,17,18,19,20). The Bertz CT molecular complexity index is 507. The number of benzene rings is 1. The molecular formula is C14H17Cl2N3O. The van der Waals surface area contributed by atoms with E-state index in [4.69, 9.17) is 28.6 Å². The molecule has 0 aliphatic carbocycles. The molecular weight excluding hydrogens is 297 g/mol. The van der Waals surface area contributed by atoms with Crippen molar-refractivity contribution >= 4 is 41.1 Å². The van der Waals surface area contributed by atoms with Crippen molar-refractivity contribution in [3.05, 3.63) is 39.9 Å². The molecule has 1 amide bonds. The van der Waals surface area contributed by atoms with Crippen LogP contribution in [0.5, 0.6) is 0 Å². The molecule has 0 saturated carbocycles. The highest BCUT2D eigenvalue weighted by molar-refractivity contribution is 6.37. The molecule has 20 heavy (non-hydrogen) atoms. The summed E-state index contributed by atoms with van der Waals surface area (Å²) >= 11 is 12.0. The molecule has 1 aromatic rings. The first-order valence-corrected chi connectivity index (χ1v) is 6.91. The maximum Gasteiger partial charge on any atom is 0.250 e. The average molecular weight is 314 g/mol. The first kappa shape index (κ1) is 16.5. The molecule has 0 heterocycles. The van der Waals surface area contributed by atoms with Gasteiger partial charge in [0, 0.05) is 28.2 Å². The molecule has 1 aromatic carbocycles. The third-order valence-corrected chi connectivity index (χ3v) is 3.00. The summed E-state index contributed by atoms with van der Waals surface area (Å²) in [6.45, 7) is 4.65. The molecule has 3 N–H and O–H groups in total. The highest BCUT2D eigenvalue weighted by atomic mass is 35.5. The maximum atomic E-state index is 11.6. The van der Waals surface area contributed by atoms with Gasteiger partial charge in [0.25, 0.3) is 5.91 Å². The Labute approximate surface area is 128 Å². The van der Waals surface area contributed by atoms with Gasteiger partial charge in [-0.1, -0.05) is 43.1 Å². The Morgan fingerprint density at radius 3 is 2.50 bits per heavy atom. The van der Waals surface area contributed by atoms with E-state index in [-0.39, 0.29) is 5.96 Å². The Hall–Kier alpha value is -1.52. The summed E-state index contributed by atoms with van der Waals surface area (Å²) in [6.07, 6.45) is 2.81. The zero-order valence-corrected chi connectivity index (χ0v) is 12.8. The molecule has 0 saturated heterocycles. The summed E-state index contributed by atoms with van der Waals surface area (Å²) in [4.78, 5) is 11.6. The van der Waals surface area contributed by atoms with Gasteiger partial charge in [-0.05, 0) is 24.1 Å². The van der Waals surface area contributed by atoms with Crippen LogP contribution in [0.1, 0.15) is 19.4 Å². The third kappa shape index (κ3) is 5.63. The van der Waals surface area contributed by atoms with Crippen molar-refractivity contribution in [3.8, 4) is 0 Å². The fourth-order valence-corrected chi connectivity index (χ4v) is 1.87. The topological polar surface area (TPSA) is 65.0 Å². The van der Waals surface area contributed by atoms with Crippen molar-refractivity contribution < 1.29 is 4.79 Å². The summed E-state index contributed by atoms with van der Waals surface area (Å²) in [5, 5.41) is 13.7. The Morgan fingerprint density at radius 2 is 1.95 bits per heavy atom. The number of rotatable bonds is 4. The molecule has 0 bridgehead atoms. The van der Waals surface area contributed by atoms with E-state index < -0.39 is 5.91 Å². The van der Waals surface area contributed by atoms with Gasteiger partial charge < -0.3 is 5.32 Å². The van der Waals surface area contributed by atoms with Crippen LogP contribution in [0.2, 0.25) is 10.0 Å². The molecule has 6 heteroatoms. The highest BCUT2D eigenvalue weighted by Crippen LogP contribution is 2.25. The van der Waals surface area contributed by atoms with Gasteiger partial charge in [-0.3, -0.25) is 15.5 Å². The number of halogens is 2. The van der Waals surface area contributed by atoms with E-state index >= 15 is 0 Å². The monoisotopic (exact) mass is 313 g/mol. The van der Waals surface area contributed by atoms with Crippen LogP contribution in [0.15, 0.2) is 24.3 Å². The summed E-state index contributed by atoms with van der Waals surface area (Å²) in [6, 6.07) is 5.11. The van der Waals surface area contributed by atoms with E-state index in [1.807, 2.05) is 13.8 Å². The largest absolute Gasteiger partial charge is 0.356 e. The van der Waals surface area contributed by atoms with E-state index in [1.54, 1.807) is 18.2 Å². The molecule has 108 valence electrons. The van der Waals surface area contributed by atoms with Crippen molar-refractivity contribution in [2.24, 2.45) is 5.92 Å². The Balaban J connectivity index is 2.58. The Morgan fingerprint density at radius 1 is 1.35 bits per heavy atom. The normalized spacial score (nSPS) is 10.8. The lowest BCUT2D eigenvalue weighted by Gasteiger charge is -2.09. The van der Waals surface area contributed by atoms with Gasteiger partial charge in [-0.2, -0.15) is 0 Å². The van der Waals surface area contributed by atoms with Gasteiger partial charge in [-0.25, -0.2) is 0 Å². The molecule has 0 unspecified atom stereocenters. The smallest absolute Gasteiger partial charge is 0.250 e. The van der Waals surface area contributed by atoms with Gasteiger partial charge in [0.1, 0.15) is 0 Å². The van der Waals surface area contributed by atoms with Crippen LogP contribution < -0.4 is 10.6 Å². The van der Waals surface area contributed by atoms with E-state index in [0.29, 0.717) is 28.1 Å². The van der Waals surface area contributed by atoms with Crippen molar-refractivity contribution in [2.45, 2.75) is 13.8 Å². The van der Waals surface area contributed by atoms with E-state index in [0.717, 1.165) is 0 Å². The van der Waals surface area contributed by atoms with Gasteiger partial charge in [0.15, 0.2) is 5.96 Å². The molecule has 0 atom stereocenters. The number of nitrogens with one attached hydrogen (secondary N) is 3. The zero-order valence-electron chi connectivity index (χ0n) is 11.3. The minimum atomic E-state index is -0.415. The van der Waals surface area contributed by atoms with Crippen LogP contribution in [-0.4, -0.2) is 18.4 Å². The van der Waals surface area contributed by atoms with Crippen molar-refractivity contribution in [3.63, 3.8) is 0 Å². The predicted octanol–water partition coefficient (Wildman–Crippen LogP) is 3.30. The molecule has 0 spiro atoms. The lowest BCUT2D eigenvalue weighted by Crippen LogP contribution is -2.40. The maximum absolute atomic E-state index is 11.6. The van der Waals surface area contributed by atoms with Gasteiger partial charge in [-0.15, -0.1) is 0 Å². The zero-order chi connectivity index (χ0) is 15.1. The van der Waals surface area contributed by atoms with Crippen LogP contribution >= 0.6 is 23.2 Å². The molecule has 0 aromatic heterocycles. The van der Waals surface area contributed by atoms with Gasteiger partial charge >= 0.3 is 0 Å². The van der Waals surface area contributed by atoms with Crippen molar-refractivity contribution in [2.75, 3.05) is 6.54 Å². The lowest BCUT2D eigenvalue weighted by molar-refractivity contribution is -0.115. The van der Waals surface area contributed by atoms with Gasteiger partial charge in [0.05, 0.1) is 0 Å². The quantitative estimate of drug-likeness (QED) is 0.453. The van der Waals surface area contributed by atoms with E-state index in [9.17, 15) is 4.79 Å². The molecule has 0 radical (unpaired) electrons. The summed E-state index contributed by atoms with van der Waals surface area (Å²) in [5.74, 6) is -0.0504. The van der Waals surface area contributed by atoms with Crippen LogP contribution in [0.4, 0.5) is 0 Å². The first-order chi connectivity index (χ1) is 9.40. The summed E-state index contributed by atoms with van der Waals surface area (Å²) in [5.41, 5.74) is 0.577. The molecule has 0 aliphatic heterocycles. The molecule has 4 nitrogen and oxygen atoms in total. The number of hydrogen-bond donors (Lipinski definition) is 3. The third-order valence-electron chi connectivity index (χ3n) is 2.34. The molecule has 0 aliphatic rings. The SMILES string of the molecule is CC(C)CNC(=N)NC(=O)C=Cc1c(Cl)cccc1Cl. The minimum absolute atomic E-state index is 0.0291. The van der Waals surface area contributed by atoms with E-state index in [1.165, 1.54) is 12.2 Å². The van der Waals surface area contributed by atoms with Crippen molar-refractivity contribution in [1.29, 1.82) is 5.41 Å². The van der Waals surface area contributed by atoms with Crippen LogP contribution in [-0.2, 0) is 4.79 Å². The second kappa shape index (κ2) is 7.92. The average Bonchev–Trinajstić information content (AvgIpc) is 2.35. The second-order valence-corrected chi connectivity index (χ2v) is 5.42. The molecule has 1 rings (SSSR count). The number of amides is 1. The number of guanidine groups is 1. The highest BCUT2D eigenvalue weighted by Gasteiger charge is 2.04. The predicted molar refractivity (Wildman–Crippen MR) is 84.2 cm³/mol. The Kier molecular flexibility index (Phi) is 6.55. The fraction of sp³-hybridized carbons (Fsp3) is 0.286. The minimum Gasteiger partial charge on any atom is -0.356 e. The molecule has 0 fully saturated rings. The van der Waals surface area contributed by atoms with Gasteiger partial charge in [0.2, 0.25) is 0 Å². The first-order valence-electron chi connectivity index (χ1n) is 6.15. The van der Waals surface area contributed by atoms with Crippen LogP contribution in [0, 0.1) is 11.3 Å². The van der Waals surface area contributed by atoms with Crippen molar-refractivity contribution in [1.82, 2.24) is 10.6 Å². The summed E-state index contributed by atoms with van der Waals surface area (Å²) in [7, 11) is 0. The lowest BCUT2D eigenvalue weighted by atomic mass is 10.2. The van der Waals surface area contributed by atoms with E-state index in [2.05, 4.69) is 10.6 Å². The number of hydrogen-bond acceptors (Lipinski definition) is 2. The number of carbonyl (C=O) groups is 1.